The van der Waals surface area contributed by atoms with Crippen LogP contribution in [0.1, 0.15) is 0 Å². The summed E-state index contributed by atoms with van der Waals surface area (Å²) in [6, 6.07) is 0. The molecule has 1 N–H and O–H groups in total. The molecule has 0 aromatic carbocycles. The van der Waals surface area contributed by atoms with Crippen molar-refractivity contribution in [3.05, 3.63) is 12.5 Å². The van der Waals surface area contributed by atoms with Crippen LogP contribution in [0.25, 0.3) is 0 Å². The molecule has 0 bridgehead atoms. The summed E-state index contributed by atoms with van der Waals surface area (Å²) in [5.41, 5.74) is 0. The van der Waals surface area contributed by atoms with Crippen molar-refractivity contribution in [2.24, 2.45) is 0 Å². The number of ether oxygens (including phenoxy) is 1. The zero-order valence-electron chi connectivity index (χ0n) is 4.00. The number of rotatable bonds is 2. The Labute approximate surface area is 45.5 Å². The predicted molar refractivity (Wildman–Crippen MR) is 25.3 cm³/mol. The van der Waals surface area contributed by atoms with E-state index < -0.39 is 0 Å². The first-order valence-electron chi connectivity index (χ1n) is 2.02. The van der Waals surface area contributed by atoms with Gasteiger partial charge in [0.25, 0.3) is 6.47 Å². The minimum Gasteiger partial charge on any atom is -0.410 e. The molecule has 0 fully saturated rings. The number of nitrogens with one attached hydrogen (secondary N) is 1. The fourth-order valence-corrected chi connectivity index (χ4v) is 0.359. The summed E-state index contributed by atoms with van der Waals surface area (Å²) in [5.74, 6) is 0.361. The van der Waals surface area contributed by atoms with E-state index in [0.717, 1.165) is 0 Å². The molecular formula is C4H4N2O2. The summed E-state index contributed by atoms with van der Waals surface area (Å²) in [7, 11) is 0. The lowest BCUT2D eigenvalue weighted by Crippen LogP contribution is -1.86. The second-order valence-corrected chi connectivity index (χ2v) is 1.13. The topological polar surface area (TPSA) is 55.0 Å². The molecule has 1 aromatic heterocycles. The fourth-order valence-electron chi connectivity index (χ4n) is 0.359. The maximum atomic E-state index is 9.60. The van der Waals surface area contributed by atoms with Crippen LogP contribution in [0.15, 0.2) is 12.5 Å². The van der Waals surface area contributed by atoms with Gasteiger partial charge < -0.3 is 9.72 Å². The van der Waals surface area contributed by atoms with Crippen molar-refractivity contribution < 1.29 is 9.53 Å². The van der Waals surface area contributed by atoms with Crippen LogP contribution < -0.4 is 4.74 Å². The van der Waals surface area contributed by atoms with Crippen molar-refractivity contribution in [2.75, 3.05) is 0 Å². The highest BCUT2D eigenvalue weighted by molar-refractivity contribution is 5.42. The molecule has 0 amide bonds. The third-order valence-corrected chi connectivity index (χ3v) is 0.648. The number of carbonyl (C=O) groups excluding carboxylic acids is 1. The van der Waals surface area contributed by atoms with Gasteiger partial charge in [0.15, 0.2) is 0 Å². The number of nitrogens with zero attached hydrogens (tertiary/aromatic N) is 1. The zero-order valence-corrected chi connectivity index (χ0v) is 4.00. The average molecular weight is 112 g/mol. The molecular weight excluding hydrogens is 108 g/mol. The Bertz CT molecular complexity index is 159. The van der Waals surface area contributed by atoms with E-state index in [9.17, 15) is 4.79 Å². The van der Waals surface area contributed by atoms with Gasteiger partial charge in [0.1, 0.15) is 0 Å². The molecule has 0 radical (unpaired) electrons. The largest absolute Gasteiger partial charge is 0.410 e. The normalized spacial score (nSPS) is 8.50. The molecule has 0 spiro atoms. The Morgan fingerprint density at radius 3 is 3.25 bits per heavy atom. The second-order valence-electron chi connectivity index (χ2n) is 1.13. The van der Waals surface area contributed by atoms with Crippen LogP contribution >= 0.6 is 0 Å². The Balaban J connectivity index is 2.62. The van der Waals surface area contributed by atoms with Crippen LogP contribution in [0.5, 0.6) is 5.88 Å². The van der Waals surface area contributed by atoms with E-state index in [0.29, 0.717) is 12.4 Å². The van der Waals surface area contributed by atoms with E-state index in [-0.39, 0.29) is 0 Å². The highest BCUT2D eigenvalue weighted by atomic mass is 16.5. The summed E-state index contributed by atoms with van der Waals surface area (Å²) in [5, 5.41) is 0. The van der Waals surface area contributed by atoms with Gasteiger partial charge in [-0.25, -0.2) is 4.98 Å². The molecule has 8 heavy (non-hydrogen) atoms. The molecule has 1 heterocycles. The highest BCUT2D eigenvalue weighted by Crippen LogP contribution is 1.97. The number of imidazole rings is 1. The highest BCUT2D eigenvalue weighted by Gasteiger charge is 1.87. The monoisotopic (exact) mass is 112 g/mol. The molecule has 0 aliphatic heterocycles. The van der Waals surface area contributed by atoms with E-state index in [1.165, 1.54) is 12.5 Å². The lowest BCUT2D eigenvalue weighted by Gasteiger charge is -1.84. The first-order valence-corrected chi connectivity index (χ1v) is 2.02. The van der Waals surface area contributed by atoms with Gasteiger partial charge in [-0.15, -0.1) is 0 Å². The zero-order chi connectivity index (χ0) is 5.82. The lowest BCUT2D eigenvalue weighted by molar-refractivity contribution is -0.120. The number of aromatic nitrogens is 2. The maximum Gasteiger partial charge on any atom is 0.299 e. The van der Waals surface area contributed by atoms with E-state index in [2.05, 4.69) is 14.7 Å². The van der Waals surface area contributed by atoms with E-state index in [1.807, 2.05) is 0 Å². The summed E-state index contributed by atoms with van der Waals surface area (Å²) in [6.45, 7) is 0.341. The smallest absolute Gasteiger partial charge is 0.299 e. The van der Waals surface area contributed by atoms with Gasteiger partial charge in [0.2, 0.25) is 5.88 Å². The fraction of sp³-hybridized carbons (Fsp3) is 0. The summed E-state index contributed by atoms with van der Waals surface area (Å²) in [6.07, 6.45) is 2.84. The van der Waals surface area contributed by atoms with Crippen LogP contribution in [0.4, 0.5) is 0 Å². The number of H-pyrrole nitrogens is 1. The minimum absolute atomic E-state index is 0.341. The quantitative estimate of drug-likeness (QED) is 0.545. The Morgan fingerprint density at radius 1 is 1.88 bits per heavy atom. The van der Waals surface area contributed by atoms with Crippen LogP contribution in [0.3, 0.4) is 0 Å². The van der Waals surface area contributed by atoms with Crippen molar-refractivity contribution in [3.63, 3.8) is 0 Å². The van der Waals surface area contributed by atoms with Crippen molar-refractivity contribution >= 4 is 6.47 Å². The van der Waals surface area contributed by atoms with E-state index >= 15 is 0 Å². The van der Waals surface area contributed by atoms with Crippen LogP contribution in [-0.4, -0.2) is 16.4 Å². The van der Waals surface area contributed by atoms with Gasteiger partial charge in [-0.2, -0.15) is 0 Å². The molecule has 0 atom stereocenters. The summed E-state index contributed by atoms with van der Waals surface area (Å²) < 4.78 is 4.35. The van der Waals surface area contributed by atoms with E-state index in [4.69, 9.17) is 0 Å². The summed E-state index contributed by atoms with van der Waals surface area (Å²) >= 11 is 0. The maximum absolute atomic E-state index is 9.60. The first-order chi connectivity index (χ1) is 3.93. The minimum atomic E-state index is 0.341. The van der Waals surface area contributed by atoms with Crippen LogP contribution in [0, 0.1) is 0 Å². The van der Waals surface area contributed by atoms with E-state index in [1.54, 1.807) is 0 Å². The molecule has 0 aliphatic rings. The van der Waals surface area contributed by atoms with Crippen LogP contribution in [-0.2, 0) is 4.79 Å². The van der Waals surface area contributed by atoms with Gasteiger partial charge in [0.05, 0.1) is 12.5 Å². The van der Waals surface area contributed by atoms with Gasteiger partial charge >= 0.3 is 0 Å². The predicted octanol–water partition coefficient (Wildman–Crippen LogP) is -0.0551. The molecule has 1 aromatic rings. The standard InChI is InChI=1S/C4H4N2O2/c7-3-8-4-1-5-2-6-4/h1-3H,(H,5,6). The molecule has 4 nitrogen and oxygen atoms in total. The van der Waals surface area contributed by atoms with Crippen molar-refractivity contribution in [3.8, 4) is 5.88 Å². The summed E-state index contributed by atoms with van der Waals surface area (Å²) in [4.78, 5) is 15.8. The van der Waals surface area contributed by atoms with Gasteiger partial charge in [-0.1, -0.05) is 0 Å². The first kappa shape index (κ1) is 4.83. The SMILES string of the molecule is O=COc1cnc[nH]1. The van der Waals surface area contributed by atoms with Crippen molar-refractivity contribution in [2.45, 2.75) is 0 Å². The van der Waals surface area contributed by atoms with Crippen molar-refractivity contribution in [1.82, 2.24) is 9.97 Å². The Kier molecular flexibility index (Phi) is 1.27. The molecule has 1 rings (SSSR count). The Hall–Kier alpha value is -1.32. The number of hydrogen-bond donors (Lipinski definition) is 1. The number of hydrogen-bond acceptors (Lipinski definition) is 3. The number of aromatic amines is 1. The lowest BCUT2D eigenvalue weighted by atomic mass is 10.9. The molecule has 0 unspecified atom stereocenters. The average Bonchev–Trinajstić information content (AvgIpc) is 2.19. The Morgan fingerprint density at radius 2 is 2.75 bits per heavy atom. The van der Waals surface area contributed by atoms with Gasteiger partial charge in [-0.05, 0) is 0 Å². The molecule has 0 aliphatic carbocycles. The molecule has 0 saturated carbocycles. The molecule has 4 heteroatoms. The van der Waals surface area contributed by atoms with Gasteiger partial charge in [-0.3, -0.25) is 4.79 Å². The third-order valence-electron chi connectivity index (χ3n) is 0.648. The molecule has 0 saturated heterocycles. The number of carbonyl (C=O) groups is 1. The second kappa shape index (κ2) is 2.11. The van der Waals surface area contributed by atoms with Crippen LogP contribution in [0.2, 0.25) is 0 Å². The third kappa shape index (κ3) is 0.841. The van der Waals surface area contributed by atoms with Gasteiger partial charge in [0, 0.05) is 0 Å². The van der Waals surface area contributed by atoms with Crippen molar-refractivity contribution in [1.29, 1.82) is 0 Å². The molecule has 42 valence electrons.